The molecule has 0 bridgehead atoms. The van der Waals surface area contributed by atoms with Crippen molar-refractivity contribution >= 4 is 5.97 Å². The van der Waals surface area contributed by atoms with E-state index in [0.717, 1.165) is 0 Å². The van der Waals surface area contributed by atoms with Gasteiger partial charge in [-0.25, -0.2) is 4.79 Å². The van der Waals surface area contributed by atoms with E-state index >= 15 is 0 Å². The minimum absolute atomic E-state index is 4.15. The van der Waals surface area contributed by atoms with Gasteiger partial charge in [-0.15, -0.1) is 0 Å². The summed E-state index contributed by atoms with van der Waals surface area (Å²) in [6.07, 6.45) is -7.52. The number of hydrogen-bond acceptors (Lipinski definition) is 1. The number of rotatable bonds is 5. The van der Waals surface area contributed by atoms with Gasteiger partial charge in [0.1, 0.15) is 0 Å². The Morgan fingerprint density at radius 3 is 1.05 bits per heavy atom. The zero-order valence-corrected chi connectivity index (χ0v) is 9.27. The molecule has 15 heteroatoms. The van der Waals surface area contributed by atoms with Crippen LogP contribution in [-0.4, -0.2) is 46.9 Å². The molecule has 132 valence electrons. The largest absolute Gasteiger partial charge is 0.477 e. The maximum absolute atomic E-state index is 12.6. The van der Waals surface area contributed by atoms with Crippen LogP contribution in [0, 0.1) is 0 Å². The predicted octanol–water partition coefficient (Wildman–Crippen LogP) is 3.81. The summed E-state index contributed by atoms with van der Waals surface area (Å²) in [4.78, 5) is 9.67. The monoisotopic (exact) mass is 371 g/mol. The highest BCUT2D eigenvalue weighted by molar-refractivity contribution is 5.77. The Hall–Kier alpha value is -1.44. The number of halogens is 13. The molecule has 0 spiro atoms. The topological polar surface area (TPSA) is 37.3 Å². The molecular weight excluding hydrogens is 370 g/mol. The Labute approximate surface area is 110 Å². The van der Waals surface area contributed by atoms with Gasteiger partial charge in [-0.1, -0.05) is 0 Å². The highest BCUT2D eigenvalue weighted by atomic mass is 19.5. The summed E-state index contributed by atoms with van der Waals surface area (Å²) in [6.45, 7) is 0. The summed E-state index contributed by atoms with van der Waals surface area (Å²) in [5.74, 6) is -43.0. The number of carbonyl (C=O) groups is 1. The van der Waals surface area contributed by atoms with E-state index in [0.29, 0.717) is 0 Å². The molecule has 0 radical (unpaired) electrons. The lowest BCUT2D eigenvalue weighted by molar-refractivity contribution is -0.436. The molecule has 0 aliphatic heterocycles. The molecule has 0 amide bonds. The molecule has 0 aromatic carbocycles. The third-order valence-electron chi connectivity index (χ3n) is 2.20. The average molecular weight is 371 g/mol. The van der Waals surface area contributed by atoms with E-state index < -0.39 is 41.8 Å². The smallest absolute Gasteiger partial charge is 0.460 e. The highest BCUT2D eigenvalue weighted by Gasteiger charge is 2.91. The fraction of sp³-hybridized carbons (Fsp3) is 0.857. The van der Waals surface area contributed by atoms with Crippen LogP contribution in [0.3, 0.4) is 0 Å². The van der Waals surface area contributed by atoms with Crippen LogP contribution in [0.1, 0.15) is 0 Å². The molecule has 0 aliphatic rings. The van der Waals surface area contributed by atoms with E-state index in [4.69, 9.17) is 5.11 Å². The van der Waals surface area contributed by atoms with Gasteiger partial charge in [-0.3, -0.25) is 0 Å². The number of alkyl halides is 13. The standard InChI is InChI=1S/C7HF13O2/c8-2(9,1(21)22)3(10,11)4(12,13)5(14,15)6(16,17)7(18,19)20/h(H,21,22)/i1+1,2+1,3+1,4+1,5+1,6+1,7+1. The van der Waals surface area contributed by atoms with Gasteiger partial charge in [0.15, 0.2) is 0 Å². The molecule has 0 fully saturated rings. The van der Waals surface area contributed by atoms with Crippen molar-refractivity contribution < 1.29 is 67.0 Å². The van der Waals surface area contributed by atoms with Gasteiger partial charge in [-0.2, -0.15) is 57.1 Å². The van der Waals surface area contributed by atoms with Crippen LogP contribution in [0.5, 0.6) is 0 Å². The van der Waals surface area contributed by atoms with Crippen molar-refractivity contribution in [2.75, 3.05) is 0 Å². The molecular formula is C7HF13O2. The van der Waals surface area contributed by atoms with Crippen molar-refractivity contribution in [3.63, 3.8) is 0 Å². The highest BCUT2D eigenvalue weighted by Crippen LogP contribution is 2.60. The third-order valence-corrected chi connectivity index (χ3v) is 2.20. The summed E-state index contributed by atoms with van der Waals surface area (Å²) < 4.78 is 159. The lowest BCUT2D eigenvalue weighted by Crippen LogP contribution is -2.71. The van der Waals surface area contributed by atoms with Gasteiger partial charge in [0.25, 0.3) is 0 Å². The summed E-state index contributed by atoms with van der Waals surface area (Å²) in [5, 5.41) is 7.55. The number of carboxylic acid groups (broad SMARTS) is 1. The summed E-state index contributed by atoms with van der Waals surface area (Å²) >= 11 is 0. The normalized spacial score (nSPS) is 15.9. The molecule has 2 nitrogen and oxygen atoms in total. The van der Waals surface area contributed by atoms with Crippen LogP contribution < -0.4 is 0 Å². The molecule has 22 heavy (non-hydrogen) atoms. The van der Waals surface area contributed by atoms with Gasteiger partial charge in [-0.05, 0) is 0 Å². The fourth-order valence-corrected chi connectivity index (χ4v) is 0.904. The second-order valence-electron chi connectivity index (χ2n) is 3.67. The van der Waals surface area contributed by atoms with E-state index in [1.165, 1.54) is 0 Å². The number of hydrogen-bond donors (Lipinski definition) is 1. The third kappa shape index (κ3) is 2.33. The molecule has 0 saturated heterocycles. The van der Waals surface area contributed by atoms with Gasteiger partial charge >= 0.3 is 41.8 Å². The summed E-state index contributed by atoms with van der Waals surface area (Å²) in [6, 6.07) is 0. The second kappa shape index (κ2) is 4.78. The first kappa shape index (κ1) is 20.6. The number of carboxylic acids is 1. The Balaban J connectivity index is 6.29. The molecule has 0 aromatic rings. The summed E-state index contributed by atoms with van der Waals surface area (Å²) in [5.41, 5.74) is 0. The van der Waals surface area contributed by atoms with Crippen molar-refractivity contribution in [1.82, 2.24) is 0 Å². The van der Waals surface area contributed by atoms with Crippen LogP contribution in [0.4, 0.5) is 57.1 Å². The quantitative estimate of drug-likeness (QED) is 0.590. The molecule has 0 unspecified atom stereocenters. The minimum Gasteiger partial charge on any atom is -0.477 e. The first-order chi connectivity index (χ1) is 9.19. The molecule has 0 aliphatic carbocycles. The first-order valence-electron chi connectivity index (χ1n) is 4.38. The summed E-state index contributed by atoms with van der Waals surface area (Å²) in [7, 11) is 0. The SMILES string of the molecule is O=[13C](O)[13C](F)(F)[13C](F)(F)[13C](F)(F)[13C](F)(F)[13C](F)(F)[13C](F)(F)F. The van der Waals surface area contributed by atoms with Crippen LogP contribution >= 0.6 is 0 Å². The molecule has 0 saturated carbocycles. The van der Waals surface area contributed by atoms with E-state index in [1.807, 2.05) is 0 Å². The molecule has 0 aromatic heterocycles. The van der Waals surface area contributed by atoms with E-state index in [-0.39, 0.29) is 0 Å². The first-order valence-corrected chi connectivity index (χ1v) is 4.38. The maximum Gasteiger partial charge on any atom is 0.460 e. The Morgan fingerprint density at radius 1 is 0.545 bits per heavy atom. The van der Waals surface area contributed by atoms with Crippen LogP contribution in [0.15, 0.2) is 0 Å². The van der Waals surface area contributed by atoms with Gasteiger partial charge in [0, 0.05) is 0 Å². The van der Waals surface area contributed by atoms with Crippen molar-refractivity contribution in [3.8, 4) is 0 Å². The van der Waals surface area contributed by atoms with Crippen LogP contribution in [-0.2, 0) is 4.79 Å². The molecule has 0 heterocycles. The van der Waals surface area contributed by atoms with Gasteiger partial charge in [0.2, 0.25) is 0 Å². The zero-order chi connectivity index (χ0) is 18.6. The van der Waals surface area contributed by atoms with Crippen molar-refractivity contribution in [3.05, 3.63) is 0 Å². The van der Waals surface area contributed by atoms with Gasteiger partial charge in [0.05, 0.1) is 0 Å². The Morgan fingerprint density at radius 2 is 0.818 bits per heavy atom. The Bertz CT molecular complexity index is 448. The average Bonchev–Trinajstić information content (AvgIpc) is 2.25. The number of aliphatic carboxylic acids is 1. The molecule has 0 atom stereocenters. The van der Waals surface area contributed by atoms with E-state index in [1.54, 1.807) is 0 Å². The zero-order valence-electron chi connectivity index (χ0n) is 9.27. The van der Waals surface area contributed by atoms with Crippen molar-refractivity contribution in [2.45, 2.75) is 35.8 Å². The maximum atomic E-state index is 12.6. The Kier molecular flexibility index (Phi) is 4.46. The van der Waals surface area contributed by atoms with Crippen molar-refractivity contribution in [2.24, 2.45) is 0 Å². The van der Waals surface area contributed by atoms with Gasteiger partial charge < -0.3 is 5.11 Å². The van der Waals surface area contributed by atoms with Crippen molar-refractivity contribution in [1.29, 1.82) is 0 Å². The van der Waals surface area contributed by atoms with E-state index in [9.17, 15) is 61.9 Å². The van der Waals surface area contributed by atoms with Crippen LogP contribution in [0.2, 0.25) is 0 Å². The molecule has 1 N–H and O–H groups in total. The predicted molar refractivity (Wildman–Crippen MR) is 38.4 cm³/mol. The lowest BCUT2D eigenvalue weighted by atomic mass is 10.9. The minimum atomic E-state index is -8.08. The fourth-order valence-electron chi connectivity index (χ4n) is 0.904. The lowest BCUT2D eigenvalue weighted by Gasteiger charge is -2.38. The second-order valence-corrected chi connectivity index (χ2v) is 3.67. The molecule has 0 rings (SSSR count). The van der Waals surface area contributed by atoms with E-state index in [2.05, 4.69) is 0 Å². The van der Waals surface area contributed by atoms with Crippen LogP contribution in [0.25, 0.3) is 0 Å².